The van der Waals surface area contributed by atoms with Crippen LogP contribution in [0, 0.1) is 6.92 Å². The maximum Gasteiger partial charge on any atom is 0.141 e. The van der Waals surface area contributed by atoms with Crippen LogP contribution in [-0.4, -0.2) is 13.2 Å². The Balaban J connectivity index is 1.94. The number of methoxy groups -OCH3 is 1. The molecule has 1 atom stereocenters. The minimum absolute atomic E-state index is 0.408. The van der Waals surface area contributed by atoms with Crippen LogP contribution < -0.4 is 10.1 Å². The van der Waals surface area contributed by atoms with Gasteiger partial charge in [-0.15, -0.1) is 0 Å². The molecule has 0 radical (unpaired) electrons. The fourth-order valence-corrected chi connectivity index (χ4v) is 2.30. The van der Waals surface area contributed by atoms with Gasteiger partial charge in [0.25, 0.3) is 0 Å². The molecule has 0 aliphatic rings. The highest BCUT2D eigenvalue weighted by atomic mass is 16.5. The lowest BCUT2D eigenvalue weighted by molar-refractivity contribution is 0.416. The Morgan fingerprint density at radius 3 is 2.55 bits per heavy atom. The Kier molecular flexibility index (Phi) is 5.05. The van der Waals surface area contributed by atoms with Gasteiger partial charge in [-0.3, -0.25) is 0 Å². The average molecular weight is 269 g/mol. The number of ether oxygens (including phenoxy) is 1. The third kappa shape index (κ3) is 4.02. The van der Waals surface area contributed by atoms with Crippen molar-refractivity contribution in [3.63, 3.8) is 0 Å². The summed E-state index contributed by atoms with van der Waals surface area (Å²) in [6.45, 7) is 4.31. The van der Waals surface area contributed by atoms with E-state index in [0.717, 1.165) is 24.3 Å². The van der Waals surface area contributed by atoms with Gasteiger partial charge in [-0.1, -0.05) is 36.4 Å². The summed E-state index contributed by atoms with van der Waals surface area (Å²) in [6, 6.07) is 17.2. The van der Waals surface area contributed by atoms with Crippen molar-refractivity contribution in [2.45, 2.75) is 32.7 Å². The Morgan fingerprint density at radius 1 is 1.10 bits per heavy atom. The van der Waals surface area contributed by atoms with Crippen LogP contribution in [0.25, 0.3) is 0 Å². The molecule has 0 heterocycles. The van der Waals surface area contributed by atoms with Gasteiger partial charge in [0.2, 0.25) is 0 Å². The third-order valence-corrected chi connectivity index (χ3v) is 3.47. The number of hydrogen-bond donors (Lipinski definition) is 1. The van der Waals surface area contributed by atoms with Crippen molar-refractivity contribution in [2.75, 3.05) is 12.4 Å². The number of anilines is 1. The first kappa shape index (κ1) is 14.4. The summed E-state index contributed by atoms with van der Waals surface area (Å²) in [7, 11) is 1.71. The summed E-state index contributed by atoms with van der Waals surface area (Å²) in [6.07, 6.45) is 2.18. The minimum atomic E-state index is 0.408. The fraction of sp³-hybridized carbons (Fsp3) is 0.333. The molecule has 2 aromatic carbocycles. The van der Waals surface area contributed by atoms with Gasteiger partial charge in [0.15, 0.2) is 0 Å². The highest BCUT2D eigenvalue weighted by Gasteiger charge is 2.07. The van der Waals surface area contributed by atoms with Crippen molar-refractivity contribution in [3.8, 4) is 5.75 Å². The molecule has 0 aromatic heterocycles. The van der Waals surface area contributed by atoms with Crippen LogP contribution in [0.15, 0.2) is 48.5 Å². The molecule has 0 aliphatic carbocycles. The maximum absolute atomic E-state index is 5.40. The minimum Gasteiger partial charge on any atom is -0.495 e. The van der Waals surface area contributed by atoms with Crippen LogP contribution in [0.4, 0.5) is 5.69 Å². The molecule has 0 bridgehead atoms. The first-order chi connectivity index (χ1) is 9.69. The standard InChI is InChI=1S/C18H23NO/c1-14-9-12-18(20-3)17(13-14)19-15(2)10-11-16-7-5-4-6-8-16/h4-9,12-13,15,19H,10-11H2,1-3H3. The molecule has 0 saturated carbocycles. The van der Waals surface area contributed by atoms with E-state index in [1.54, 1.807) is 7.11 Å². The summed E-state index contributed by atoms with van der Waals surface area (Å²) in [5.74, 6) is 0.905. The predicted molar refractivity (Wildman–Crippen MR) is 85.6 cm³/mol. The van der Waals surface area contributed by atoms with E-state index >= 15 is 0 Å². The zero-order valence-electron chi connectivity index (χ0n) is 12.5. The molecule has 1 N–H and O–H groups in total. The summed E-state index contributed by atoms with van der Waals surface area (Å²) >= 11 is 0. The van der Waals surface area contributed by atoms with E-state index in [0.29, 0.717) is 6.04 Å². The number of rotatable bonds is 6. The quantitative estimate of drug-likeness (QED) is 0.837. The van der Waals surface area contributed by atoms with Gasteiger partial charge in [0, 0.05) is 6.04 Å². The Hall–Kier alpha value is -1.96. The van der Waals surface area contributed by atoms with E-state index < -0.39 is 0 Å². The number of benzene rings is 2. The van der Waals surface area contributed by atoms with Crippen molar-refractivity contribution in [1.29, 1.82) is 0 Å². The normalized spacial score (nSPS) is 11.9. The zero-order chi connectivity index (χ0) is 14.4. The highest BCUT2D eigenvalue weighted by molar-refractivity contribution is 5.58. The molecule has 0 amide bonds. The average Bonchev–Trinajstić information content (AvgIpc) is 2.46. The summed E-state index contributed by atoms with van der Waals surface area (Å²) in [5.41, 5.74) is 3.70. The summed E-state index contributed by atoms with van der Waals surface area (Å²) in [5, 5.41) is 3.55. The topological polar surface area (TPSA) is 21.3 Å². The Bertz CT molecular complexity index is 536. The third-order valence-electron chi connectivity index (χ3n) is 3.47. The summed E-state index contributed by atoms with van der Waals surface area (Å²) in [4.78, 5) is 0. The molecule has 2 rings (SSSR count). The van der Waals surface area contributed by atoms with Gasteiger partial charge < -0.3 is 10.1 Å². The van der Waals surface area contributed by atoms with Crippen LogP contribution in [0.1, 0.15) is 24.5 Å². The zero-order valence-corrected chi connectivity index (χ0v) is 12.5. The largest absolute Gasteiger partial charge is 0.495 e. The summed E-state index contributed by atoms with van der Waals surface area (Å²) < 4.78 is 5.40. The van der Waals surface area contributed by atoms with Crippen LogP contribution in [-0.2, 0) is 6.42 Å². The van der Waals surface area contributed by atoms with E-state index in [1.165, 1.54) is 11.1 Å². The smallest absolute Gasteiger partial charge is 0.141 e. The second kappa shape index (κ2) is 6.99. The Morgan fingerprint density at radius 2 is 1.85 bits per heavy atom. The molecule has 2 aromatic rings. The molecule has 0 saturated heterocycles. The number of nitrogens with one attached hydrogen (secondary N) is 1. The molecule has 2 heteroatoms. The van der Waals surface area contributed by atoms with Gasteiger partial charge in [-0.2, -0.15) is 0 Å². The Labute approximate surface area is 121 Å². The van der Waals surface area contributed by atoms with Gasteiger partial charge in [0.05, 0.1) is 12.8 Å². The van der Waals surface area contributed by atoms with E-state index in [9.17, 15) is 0 Å². The van der Waals surface area contributed by atoms with Crippen LogP contribution in [0.3, 0.4) is 0 Å². The maximum atomic E-state index is 5.40. The van der Waals surface area contributed by atoms with Crippen LogP contribution >= 0.6 is 0 Å². The van der Waals surface area contributed by atoms with Crippen molar-refractivity contribution in [2.24, 2.45) is 0 Å². The monoisotopic (exact) mass is 269 g/mol. The van der Waals surface area contributed by atoms with Crippen molar-refractivity contribution >= 4 is 5.69 Å². The lowest BCUT2D eigenvalue weighted by atomic mass is 10.1. The van der Waals surface area contributed by atoms with E-state index in [-0.39, 0.29) is 0 Å². The van der Waals surface area contributed by atoms with E-state index in [1.807, 2.05) is 6.07 Å². The molecule has 20 heavy (non-hydrogen) atoms. The lowest BCUT2D eigenvalue weighted by Crippen LogP contribution is -2.16. The number of hydrogen-bond acceptors (Lipinski definition) is 2. The van der Waals surface area contributed by atoms with Crippen molar-refractivity contribution in [1.82, 2.24) is 0 Å². The van der Waals surface area contributed by atoms with Crippen molar-refractivity contribution < 1.29 is 4.74 Å². The van der Waals surface area contributed by atoms with E-state index in [4.69, 9.17) is 4.74 Å². The van der Waals surface area contributed by atoms with Gasteiger partial charge >= 0.3 is 0 Å². The molecule has 2 nitrogen and oxygen atoms in total. The number of aryl methyl sites for hydroxylation is 2. The first-order valence-electron chi connectivity index (χ1n) is 7.14. The van der Waals surface area contributed by atoms with Gasteiger partial charge in [0.1, 0.15) is 5.75 Å². The predicted octanol–water partition coefficient (Wildman–Crippen LogP) is 4.44. The molecular formula is C18H23NO. The molecule has 0 fully saturated rings. The molecular weight excluding hydrogens is 246 g/mol. The highest BCUT2D eigenvalue weighted by Crippen LogP contribution is 2.26. The lowest BCUT2D eigenvalue weighted by Gasteiger charge is -2.18. The molecule has 106 valence electrons. The molecule has 1 unspecified atom stereocenters. The van der Waals surface area contributed by atoms with E-state index in [2.05, 4.69) is 61.6 Å². The van der Waals surface area contributed by atoms with Crippen molar-refractivity contribution in [3.05, 3.63) is 59.7 Å². The second-order valence-corrected chi connectivity index (χ2v) is 5.27. The van der Waals surface area contributed by atoms with Crippen LogP contribution in [0.2, 0.25) is 0 Å². The molecule has 0 aliphatic heterocycles. The van der Waals surface area contributed by atoms with Gasteiger partial charge in [-0.25, -0.2) is 0 Å². The molecule has 0 spiro atoms. The first-order valence-corrected chi connectivity index (χ1v) is 7.14. The SMILES string of the molecule is COc1ccc(C)cc1NC(C)CCc1ccccc1. The fourth-order valence-electron chi connectivity index (χ4n) is 2.30. The van der Waals surface area contributed by atoms with Crippen LogP contribution in [0.5, 0.6) is 5.75 Å². The van der Waals surface area contributed by atoms with Gasteiger partial charge in [-0.05, 0) is 49.9 Å². The second-order valence-electron chi connectivity index (χ2n) is 5.27.